The second-order valence-corrected chi connectivity index (χ2v) is 7.67. The Morgan fingerprint density at radius 3 is 2.53 bits per heavy atom. The number of nitrogens with two attached hydrogens (primary N) is 2. The average Bonchev–Trinajstić information content (AvgIpc) is 2.26. The molecule has 1 aromatic rings. The third-order valence-corrected chi connectivity index (χ3v) is 2.75. The van der Waals surface area contributed by atoms with Gasteiger partial charge in [-0.05, 0) is 13.3 Å². The molecule has 0 atom stereocenters. The zero-order chi connectivity index (χ0) is 14.5. The second-order valence-electron chi connectivity index (χ2n) is 4.26. The molecule has 106 valence electrons. The van der Waals surface area contributed by atoms with Gasteiger partial charge in [-0.25, -0.2) is 0 Å². The maximum Gasteiger partial charge on any atom is 0.231 e. The molecule has 0 spiro atoms. The quantitative estimate of drug-likeness (QED) is 0.419. The summed E-state index contributed by atoms with van der Waals surface area (Å²) in [6.45, 7) is 3.61. The van der Waals surface area contributed by atoms with E-state index in [0.717, 1.165) is 0 Å². The van der Waals surface area contributed by atoms with Gasteiger partial charge in [0, 0.05) is 0 Å². The van der Waals surface area contributed by atoms with E-state index in [1.165, 1.54) is 0 Å². The second kappa shape index (κ2) is 6.49. The van der Waals surface area contributed by atoms with Crippen LogP contribution in [0.2, 0.25) is 0 Å². The average molecular weight is 288 g/mol. The van der Waals surface area contributed by atoms with Gasteiger partial charge in [-0.15, -0.1) is 0 Å². The van der Waals surface area contributed by atoms with Crippen molar-refractivity contribution in [2.24, 2.45) is 0 Å². The van der Waals surface area contributed by atoms with E-state index < -0.39 is 7.14 Å². The van der Waals surface area contributed by atoms with Gasteiger partial charge in [0.2, 0.25) is 11.8 Å². The molecular formula is C10H17N4O4P. The molecule has 1 rings (SSSR count). The van der Waals surface area contributed by atoms with Crippen LogP contribution in [-0.4, -0.2) is 49.1 Å². The van der Waals surface area contributed by atoms with Gasteiger partial charge in [0.05, 0.1) is 13.0 Å². The van der Waals surface area contributed by atoms with Gasteiger partial charge in [0.1, 0.15) is 25.1 Å². The molecule has 19 heavy (non-hydrogen) atoms. The van der Waals surface area contributed by atoms with Crippen LogP contribution in [0.5, 0.6) is 5.88 Å². The molecule has 0 amide bonds. The van der Waals surface area contributed by atoms with Crippen molar-refractivity contribution in [2.75, 3.05) is 44.4 Å². The van der Waals surface area contributed by atoms with E-state index in [2.05, 4.69) is 9.97 Å². The molecule has 1 heterocycles. The number of aromatic nitrogens is 2. The van der Waals surface area contributed by atoms with Crippen LogP contribution >= 0.6 is 7.14 Å². The number of nitrogens with zero attached hydrogens (tertiary/aromatic N) is 2. The van der Waals surface area contributed by atoms with Crippen molar-refractivity contribution in [3.8, 4) is 5.88 Å². The number of rotatable bonds is 7. The Hall–Kier alpha value is -1.66. The van der Waals surface area contributed by atoms with Crippen LogP contribution in [0.15, 0.2) is 0 Å². The molecule has 8 nitrogen and oxygen atoms in total. The van der Waals surface area contributed by atoms with Gasteiger partial charge in [-0.2, -0.15) is 9.97 Å². The number of ether oxygens (including phenoxy) is 2. The van der Waals surface area contributed by atoms with E-state index in [9.17, 15) is 9.36 Å². The summed E-state index contributed by atoms with van der Waals surface area (Å²) in [6.07, 6.45) is 0.669. The number of nitrogen functional groups attached to an aromatic ring is 2. The predicted octanol–water partition coefficient (Wildman–Crippen LogP) is 0.429. The summed E-state index contributed by atoms with van der Waals surface area (Å²) in [5.74, 6) is -0.101. The van der Waals surface area contributed by atoms with Crippen molar-refractivity contribution in [1.82, 2.24) is 9.97 Å². The standard InChI is InChI=1S/C10H17N4O4P/c1-19(2,16)6-17-3-4-18-9-7(5-15)8(11)13-10(12)14-9/h5H,3-4,6H2,1-2H3,(H4,11,12,13,14). The smallest absolute Gasteiger partial charge is 0.231 e. The molecular weight excluding hydrogens is 271 g/mol. The number of hydrogen-bond donors (Lipinski definition) is 2. The van der Waals surface area contributed by atoms with E-state index in [4.69, 9.17) is 20.9 Å². The molecule has 0 aromatic carbocycles. The van der Waals surface area contributed by atoms with Crippen molar-refractivity contribution in [3.63, 3.8) is 0 Å². The lowest BCUT2D eigenvalue weighted by Gasteiger charge is -2.10. The summed E-state index contributed by atoms with van der Waals surface area (Å²) < 4.78 is 21.8. The Bertz CT molecular complexity index is 503. The van der Waals surface area contributed by atoms with Gasteiger partial charge in [0.25, 0.3) is 0 Å². The molecule has 0 aliphatic heterocycles. The van der Waals surface area contributed by atoms with Crippen molar-refractivity contribution in [2.45, 2.75) is 0 Å². The summed E-state index contributed by atoms with van der Waals surface area (Å²) in [5, 5.41) is 0. The fraction of sp³-hybridized carbons (Fsp3) is 0.500. The lowest BCUT2D eigenvalue weighted by molar-refractivity contribution is 0.110. The molecule has 0 radical (unpaired) electrons. The Morgan fingerprint density at radius 2 is 1.95 bits per heavy atom. The van der Waals surface area contributed by atoms with E-state index in [1.807, 2.05) is 0 Å². The number of aldehydes is 1. The Balaban J connectivity index is 2.54. The van der Waals surface area contributed by atoms with Crippen LogP contribution in [0.3, 0.4) is 0 Å². The molecule has 1 aromatic heterocycles. The number of carbonyl (C=O) groups is 1. The highest BCUT2D eigenvalue weighted by Crippen LogP contribution is 2.35. The number of anilines is 2. The molecule has 9 heteroatoms. The van der Waals surface area contributed by atoms with Crippen LogP contribution in [-0.2, 0) is 9.30 Å². The predicted molar refractivity (Wildman–Crippen MR) is 72.0 cm³/mol. The highest BCUT2D eigenvalue weighted by atomic mass is 31.2. The van der Waals surface area contributed by atoms with Crippen LogP contribution in [0.1, 0.15) is 10.4 Å². The van der Waals surface area contributed by atoms with Gasteiger partial charge in [-0.1, -0.05) is 0 Å². The first-order valence-corrected chi connectivity index (χ1v) is 8.25. The van der Waals surface area contributed by atoms with Crippen molar-refractivity contribution < 1.29 is 18.8 Å². The summed E-state index contributed by atoms with van der Waals surface area (Å²) in [4.78, 5) is 18.3. The van der Waals surface area contributed by atoms with Gasteiger partial charge in [0.15, 0.2) is 6.29 Å². The highest BCUT2D eigenvalue weighted by molar-refractivity contribution is 7.62. The lowest BCUT2D eigenvalue weighted by atomic mass is 10.3. The zero-order valence-corrected chi connectivity index (χ0v) is 11.7. The molecule has 0 saturated heterocycles. The molecule has 0 aliphatic rings. The first-order valence-electron chi connectivity index (χ1n) is 5.46. The maximum atomic E-state index is 11.4. The molecule has 0 unspecified atom stereocenters. The summed E-state index contributed by atoms with van der Waals surface area (Å²) in [6, 6.07) is 0. The van der Waals surface area contributed by atoms with E-state index in [1.54, 1.807) is 13.3 Å². The fourth-order valence-electron chi connectivity index (χ4n) is 1.18. The molecule has 4 N–H and O–H groups in total. The fourth-order valence-corrected chi connectivity index (χ4v) is 1.75. The minimum atomic E-state index is -2.21. The largest absolute Gasteiger partial charge is 0.475 e. The first-order chi connectivity index (χ1) is 8.83. The van der Waals surface area contributed by atoms with Crippen LogP contribution in [0.25, 0.3) is 0 Å². The molecule has 0 aliphatic carbocycles. The van der Waals surface area contributed by atoms with Gasteiger partial charge in [-0.3, -0.25) is 4.79 Å². The maximum absolute atomic E-state index is 11.4. The Kier molecular flexibility index (Phi) is 5.26. The van der Waals surface area contributed by atoms with Gasteiger partial charge < -0.3 is 25.5 Å². The van der Waals surface area contributed by atoms with Crippen LogP contribution in [0, 0.1) is 0 Å². The third-order valence-electron chi connectivity index (χ3n) is 1.94. The zero-order valence-electron chi connectivity index (χ0n) is 10.8. The normalized spacial score (nSPS) is 11.3. The molecule has 0 bridgehead atoms. The molecule has 0 saturated carbocycles. The number of carbonyl (C=O) groups excluding carboxylic acids is 1. The van der Waals surface area contributed by atoms with Crippen molar-refractivity contribution in [1.29, 1.82) is 0 Å². The van der Waals surface area contributed by atoms with Crippen LogP contribution < -0.4 is 16.2 Å². The van der Waals surface area contributed by atoms with E-state index in [0.29, 0.717) is 6.29 Å². The topological polar surface area (TPSA) is 130 Å². The van der Waals surface area contributed by atoms with E-state index in [-0.39, 0.29) is 42.8 Å². The van der Waals surface area contributed by atoms with Crippen LogP contribution in [0.4, 0.5) is 11.8 Å². The SMILES string of the molecule is CP(C)(=O)COCCOc1nc(N)nc(N)c1C=O. The minimum absolute atomic E-state index is 0.0137. The highest BCUT2D eigenvalue weighted by Gasteiger charge is 2.12. The van der Waals surface area contributed by atoms with E-state index >= 15 is 0 Å². The van der Waals surface area contributed by atoms with Gasteiger partial charge >= 0.3 is 0 Å². The number of hydrogen-bond acceptors (Lipinski definition) is 8. The Morgan fingerprint density at radius 1 is 1.26 bits per heavy atom. The summed E-state index contributed by atoms with van der Waals surface area (Å²) >= 11 is 0. The first kappa shape index (κ1) is 15.4. The summed E-state index contributed by atoms with van der Waals surface area (Å²) in [7, 11) is -2.21. The minimum Gasteiger partial charge on any atom is -0.475 e. The third kappa shape index (κ3) is 5.23. The monoisotopic (exact) mass is 288 g/mol. The lowest BCUT2D eigenvalue weighted by Crippen LogP contribution is -2.12. The molecule has 0 fully saturated rings. The van der Waals surface area contributed by atoms with Crippen molar-refractivity contribution >= 4 is 25.2 Å². The summed E-state index contributed by atoms with van der Waals surface area (Å²) in [5.41, 5.74) is 11.0. The van der Waals surface area contributed by atoms with Crippen molar-refractivity contribution in [3.05, 3.63) is 5.56 Å². The Labute approximate surface area is 110 Å².